The zero-order valence-electron chi connectivity index (χ0n) is 16.1. The molecule has 1 aromatic carbocycles. The van der Waals surface area contributed by atoms with Gasteiger partial charge in [0.15, 0.2) is 0 Å². The van der Waals surface area contributed by atoms with E-state index in [1.807, 2.05) is 4.90 Å². The van der Waals surface area contributed by atoms with E-state index in [-0.39, 0.29) is 18.4 Å². The Kier molecular flexibility index (Phi) is 5.74. The predicted molar refractivity (Wildman–Crippen MR) is 116 cm³/mol. The molecule has 0 radical (unpaired) electrons. The Morgan fingerprint density at radius 1 is 1.00 bits per heavy atom. The first-order valence-electron chi connectivity index (χ1n) is 9.45. The van der Waals surface area contributed by atoms with Crippen LogP contribution >= 0.6 is 23.2 Å². The molecule has 30 heavy (non-hydrogen) atoms. The molecule has 0 spiro atoms. The van der Waals surface area contributed by atoms with Crippen LogP contribution in [0.25, 0.3) is 5.57 Å². The van der Waals surface area contributed by atoms with E-state index < -0.39 is 0 Å². The number of carbonyl (C=O) groups excluding carboxylic acids is 2. The molecule has 3 heterocycles. The molecule has 4 rings (SSSR count). The quantitative estimate of drug-likeness (QED) is 0.522. The van der Waals surface area contributed by atoms with Crippen molar-refractivity contribution in [3.05, 3.63) is 70.6 Å². The van der Waals surface area contributed by atoms with E-state index in [1.54, 1.807) is 36.7 Å². The van der Waals surface area contributed by atoms with Crippen LogP contribution in [0.4, 0.5) is 5.95 Å². The molecular weight excluding hydrogens is 425 g/mol. The van der Waals surface area contributed by atoms with Gasteiger partial charge in [-0.3, -0.25) is 14.5 Å². The van der Waals surface area contributed by atoms with Crippen molar-refractivity contribution in [1.82, 2.24) is 19.8 Å². The Bertz CT molecular complexity index is 1030. The van der Waals surface area contributed by atoms with E-state index in [2.05, 4.69) is 21.4 Å². The van der Waals surface area contributed by atoms with Gasteiger partial charge in [0, 0.05) is 55.7 Å². The highest BCUT2D eigenvalue weighted by molar-refractivity contribution is 6.41. The third kappa shape index (κ3) is 3.66. The van der Waals surface area contributed by atoms with E-state index in [4.69, 9.17) is 23.2 Å². The van der Waals surface area contributed by atoms with Gasteiger partial charge in [-0.2, -0.15) is 0 Å². The largest absolute Gasteiger partial charge is 0.363 e. The second-order valence-electron chi connectivity index (χ2n) is 6.88. The Morgan fingerprint density at radius 3 is 2.30 bits per heavy atom. The van der Waals surface area contributed by atoms with Gasteiger partial charge in [-0.25, -0.2) is 9.97 Å². The predicted octanol–water partition coefficient (Wildman–Crippen LogP) is 2.87. The maximum atomic E-state index is 13.2. The van der Waals surface area contributed by atoms with Crippen LogP contribution in [0.2, 0.25) is 10.0 Å². The Balaban J connectivity index is 1.68. The monoisotopic (exact) mass is 443 g/mol. The topological polar surface area (TPSA) is 69.6 Å². The van der Waals surface area contributed by atoms with Gasteiger partial charge >= 0.3 is 0 Å². The first-order chi connectivity index (χ1) is 14.5. The number of hydrogen-bond acceptors (Lipinski definition) is 6. The molecule has 7 nitrogen and oxygen atoms in total. The van der Waals surface area contributed by atoms with Crippen LogP contribution in [0.15, 0.2) is 55.0 Å². The molecule has 1 aromatic heterocycles. The number of benzene rings is 1. The number of carbonyl (C=O) groups is 2. The van der Waals surface area contributed by atoms with Gasteiger partial charge in [0.05, 0.1) is 10.6 Å². The Hall–Kier alpha value is -2.90. The average molecular weight is 444 g/mol. The van der Waals surface area contributed by atoms with Gasteiger partial charge in [0.1, 0.15) is 5.70 Å². The highest BCUT2D eigenvalue weighted by atomic mass is 35.5. The smallest absolute Gasteiger partial charge is 0.278 e. The van der Waals surface area contributed by atoms with Crippen LogP contribution in [-0.4, -0.2) is 64.3 Å². The molecule has 0 bridgehead atoms. The summed E-state index contributed by atoms with van der Waals surface area (Å²) in [5.41, 5.74) is 1.16. The van der Waals surface area contributed by atoms with E-state index in [0.717, 1.165) is 0 Å². The van der Waals surface area contributed by atoms with E-state index in [1.165, 1.54) is 11.0 Å². The standard InChI is InChI=1S/C21H19Cl2N5O2/c1-2-8-28-19(29)17(15-5-4-14(22)13-16(15)23)18(20(28)30)26-9-11-27(12-10-26)21-24-6-3-7-25-21/h2-7,13H,1,8-12H2. The minimum atomic E-state index is -0.382. The highest BCUT2D eigenvalue weighted by Gasteiger charge is 2.42. The van der Waals surface area contributed by atoms with Crippen LogP contribution in [0.5, 0.6) is 0 Å². The van der Waals surface area contributed by atoms with Gasteiger partial charge in [0.25, 0.3) is 11.8 Å². The van der Waals surface area contributed by atoms with Crippen molar-refractivity contribution in [2.45, 2.75) is 0 Å². The molecule has 1 fully saturated rings. The third-order valence-electron chi connectivity index (χ3n) is 5.09. The summed E-state index contributed by atoms with van der Waals surface area (Å²) in [4.78, 5) is 40.0. The maximum absolute atomic E-state index is 13.2. The summed E-state index contributed by atoms with van der Waals surface area (Å²) in [7, 11) is 0. The lowest BCUT2D eigenvalue weighted by atomic mass is 10.0. The Labute approximate surface area is 184 Å². The lowest BCUT2D eigenvalue weighted by Crippen LogP contribution is -2.48. The first-order valence-corrected chi connectivity index (χ1v) is 10.2. The van der Waals surface area contributed by atoms with Crippen molar-refractivity contribution < 1.29 is 9.59 Å². The number of nitrogens with zero attached hydrogens (tertiary/aromatic N) is 5. The van der Waals surface area contributed by atoms with E-state index >= 15 is 0 Å². The average Bonchev–Trinajstić information content (AvgIpc) is 2.99. The summed E-state index contributed by atoms with van der Waals surface area (Å²) in [5, 5.41) is 0.787. The lowest BCUT2D eigenvalue weighted by Gasteiger charge is -2.36. The van der Waals surface area contributed by atoms with Crippen molar-refractivity contribution >= 4 is 46.5 Å². The summed E-state index contributed by atoms with van der Waals surface area (Å²) in [6.07, 6.45) is 4.93. The number of anilines is 1. The van der Waals surface area contributed by atoms with Gasteiger partial charge in [-0.05, 0) is 18.2 Å². The van der Waals surface area contributed by atoms with Gasteiger partial charge < -0.3 is 9.80 Å². The summed E-state index contributed by atoms with van der Waals surface area (Å²) in [5.74, 6) is -0.0764. The fourth-order valence-electron chi connectivity index (χ4n) is 3.67. The number of aromatic nitrogens is 2. The molecule has 2 aliphatic heterocycles. The molecular formula is C21H19Cl2N5O2. The first kappa shape index (κ1) is 20.4. The Morgan fingerprint density at radius 2 is 1.67 bits per heavy atom. The van der Waals surface area contributed by atoms with Crippen molar-refractivity contribution in [3.8, 4) is 0 Å². The number of rotatable bonds is 5. The van der Waals surface area contributed by atoms with E-state index in [9.17, 15) is 9.59 Å². The molecule has 154 valence electrons. The van der Waals surface area contributed by atoms with Crippen LogP contribution in [0.3, 0.4) is 0 Å². The SMILES string of the molecule is C=CCN1C(=O)C(c2ccc(Cl)cc2Cl)=C(N2CCN(c3ncccn3)CC2)C1=O. The highest BCUT2D eigenvalue weighted by Crippen LogP contribution is 2.36. The molecule has 1 saturated heterocycles. The molecule has 0 unspecified atom stereocenters. The summed E-state index contributed by atoms with van der Waals surface area (Å²) in [6.45, 7) is 6.13. The molecule has 2 aromatic rings. The minimum absolute atomic E-state index is 0.133. The molecule has 2 amide bonds. The number of amides is 2. The number of halogens is 2. The number of imide groups is 1. The molecule has 0 atom stereocenters. The number of hydrogen-bond donors (Lipinski definition) is 0. The van der Waals surface area contributed by atoms with Crippen LogP contribution in [0.1, 0.15) is 5.56 Å². The second kappa shape index (κ2) is 8.45. The van der Waals surface area contributed by atoms with Gasteiger partial charge in [0.2, 0.25) is 5.95 Å². The maximum Gasteiger partial charge on any atom is 0.278 e. The van der Waals surface area contributed by atoms with Crippen molar-refractivity contribution in [3.63, 3.8) is 0 Å². The molecule has 2 aliphatic rings. The fourth-order valence-corrected chi connectivity index (χ4v) is 4.17. The van der Waals surface area contributed by atoms with Crippen LogP contribution in [-0.2, 0) is 9.59 Å². The fraction of sp³-hybridized carbons (Fsp3) is 0.238. The summed E-state index contributed by atoms with van der Waals surface area (Å²) in [6, 6.07) is 6.67. The summed E-state index contributed by atoms with van der Waals surface area (Å²) >= 11 is 12.4. The molecule has 0 aliphatic carbocycles. The third-order valence-corrected chi connectivity index (χ3v) is 5.63. The normalized spacial score (nSPS) is 17.2. The van der Waals surface area contributed by atoms with Crippen molar-refractivity contribution in [1.29, 1.82) is 0 Å². The lowest BCUT2D eigenvalue weighted by molar-refractivity contribution is -0.136. The molecule has 9 heteroatoms. The van der Waals surface area contributed by atoms with Crippen molar-refractivity contribution in [2.75, 3.05) is 37.6 Å². The second-order valence-corrected chi connectivity index (χ2v) is 7.72. The summed E-state index contributed by atoms with van der Waals surface area (Å²) < 4.78 is 0. The van der Waals surface area contributed by atoms with Crippen molar-refractivity contribution in [2.24, 2.45) is 0 Å². The number of piperazine rings is 1. The van der Waals surface area contributed by atoms with Crippen LogP contribution in [0, 0.1) is 0 Å². The zero-order valence-corrected chi connectivity index (χ0v) is 17.6. The molecule has 0 N–H and O–H groups in total. The molecule has 0 saturated carbocycles. The van der Waals surface area contributed by atoms with Gasteiger partial charge in [-0.15, -0.1) is 6.58 Å². The zero-order chi connectivity index (χ0) is 21.3. The van der Waals surface area contributed by atoms with E-state index in [0.29, 0.717) is 59.0 Å². The van der Waals surface area contributed by atoms with Gasteiger partial charge in [-0.1, -0.05) is 35.3 Å². The minimum Gasteiger partial charge on any atom is -0.363 e. The van der Waals surface area contributed by atoms with Crippen LogP contribution < -0.4 is 4.90 Å².